The zero-order valence-electron chi connectivity index (χ0n) is 7.24. The Hall–Kier alpha value is -1.16. The molecule has 1 fully saturated rings. The van der Waals surface area contributed by atoms with Gasteiger partial charge < -0.3 is 4.74 Å². The van der Waals surface area contributed by atoms with Crippen LogP contribution in [0.2, 0.25) is 0 Å². The highest BCUT2D eigenvalue weighted by atomic mass is 19.1. The lowest BCUT2D eigenvalue weighted by atomic mass is 10.2. The summed E-state index contributed by atoms with van der Waals surface area (Å²) in [5.41, 5.74) is 0. The van der Waals surface area contributed by atoms with Crippen molar-refractivity contribution in [3.8, 4) is 5.75 Å². The van der Waals surface area contributed by atoms with Crippen LogP contribution < -0.4 is 4.74 Å². The van der Waals surface area contributed by atoms with Gasteiger partial charge in [0.1, 0.15) is 18.3 Å². The molecule has 3 nitrogen and oxygen atoms in total. The van der Waals surface area contributed by atoms with E-state index in [1.807, 2.05) is 0 Å². The highest BCUT2D eigenvalue weighted by Crippen LogP contribution is 2.12. The molecule has 0 N–H and O–H groups in total. The predicted octanol–water partition coefficient (Wildman–Crippen LogP) is 1.26. The normalized spacial score (nSPS) is 16.7. The third-order valence-corrected chi connectivity index (χ3v) is 2.04. The van der Waals surface area contributed by atoms with Crippen LogP contribution in [0.1, 0.15) is 6.42 Å². The van der Waals surface area contributed by atoms with Gasteiger partial charge in [-0.25, -0.2) is 4.39 Å². The molecule has 0 aliphatic carbocycles. The van der Waals surface area contributed by atoms with E-state index in [2.05, 4.69) is 9.88 Å². The number of hydrogen-bond donors (Lipinski definition) is 0. The van der Waals surface area contributed by atoms with E-state index in [9.17, 15) is 4.39 Å². The molecular formula is C9H11FN2O. The zero-order chi connectivity index (χ0) is 9.10. The SMILES string of the molecule is Fc1cncc(OCN2CCC2)c1. The first-order valence-corrected chi connectivity index (χ1v) is 4.30. The van der Waals surface area contributed by atoms with Crippen molar-refractivity contribution in [2.24, 2.45) is 0 Å². The molecule has 13 heavy (non-hydrogen) atoms. The van der Waals surface area contributed by atoms with Gasteiger partial charge >= 0.3 is 0 Å². The zero-order valence-corrected chi connectivity index (χ0v) is 7.24. The Morgan fingerprint density at radius 1 is 1.46 bits per heavy atom. The summed E-state index contributed by atoms with van der Waals surface area (Å²) >= 11 is 0. The molecule has 0 atom stereocenters. The molecule has 0 spiro atoms. The molecule has 0 bridgehead atoms. The van der Waals surface area contributed by atoms with E-state index in [1.54, 1.807) is 0 Å². The van der Waals surface area contributed by atoms with Gasteiger partial charge in [-0.3, -0.25) is 9.88 Å². The summed E-state index contributed by atoms with van der Waals surface area (Å²) in [4.78, 5) is 5.83. The maximum atomic E-state index is 12.6. The number of rotatable bonds is 3. The minimum atomic E-state index is -0.360. The molecule has 1 aliphatic heterocycles. The molecule has 0 amide bonds. The summed E-state index contributed by atoms with van der Waals surface area (Å²) in [5.74, 6) is 0.132. The van der Waals surface area contributed by atoms with Gasteiger partial charge in [-0.1, -0.05) is 0 Å². The van der Waals surface area contributed by atoms with Gasteiger partial charge in [0.25, 0.3) is 0 Å². The Bertz CT molecular complexity index is 289. The van der Waals surface area contributed by atoms with Crippen molar-refractivity contribution in [1.29, 1.82) is 0 Å². The second kappa shape index (κ2) is 3.70. The summed E-state index contributed by atoms with van der Waals surface area (Å²) in [6.07, 6.45) is 3.91. The second-order valence-electron chi connectivity index (χ2n) is 3.08. The molecule has 0 aromatic carbocycles. The highest BCUT2D eigenvalue weighted by Gasteiger charge is 2.13. The van der Waals surface area contributed by atoms with Crippen molar-refractivity contribution in [2.45, 2.75) is 6.42 Å². The first kappa shape index (κ1) is 8.44. The van der Waals surface area contributed by atoms with E-state index in [0.717, 1.165) is 19.3 Å². The third-order valence-electron chi connectivity index (χ3n) is 2.04. The number of likely N-dealkylation sites (tertiary alicyclic amines) is 1. The fourth-order valence-corrected chi connectivity index (χ4v) is 1.15. The maximum absolute atomic E-state index is 12.6. The van der Waals surface area contributed by atoms with Crippen molar-refractivity contribution in [1.82, 2.24) is 9.88 Å². The average molecular weight is 182 g/mol. The number of hydrogen-bond acceptors (Lipinski definition) is 3. The number of pyridine rings is 1. The molecule has 4 heteroatoms. The molecular weight excluding hydrogens is 171 g/mol. The van der Waals surface area contributed by atoms with E-state index >= 15 is 0 Å². The van der Waals surface area contributed by atoms with Crippen molar-refractivity contribution in [3.63, 3.8) is 0 Å². The third kappa shape index (κ3) is 2.15. The van der Waals surface area contributed by atoms with Gasteiger partial charge in [-0.15, -0.1) is 0 Å². The molecule has 1 aromatic rings. The molecule has 70 valence electrons. The average Bonchev–Trinajstić information content (AvgIpc) is 2.01. The first-order valence-electron chi connectivity index (χ1n) is 4.30. The van der Waals surface area contributed by atoms with Gasteiger partial charge in [-0.2, -0.15) is 0 Å². The van der Waals surface area contributed by atoms with Crippen molar-refractivity contribution in [2.75, 3.05) is 19.8 Å². The van der Waals surface area contributed by atoms with Crippen LogP contribution in [0.3, 0.4) is 0 Å². The van der Waals surface area contributed by atoms with Crippen LogP contribution in [0, 0.1) is 5.82 Å². The van der Waals surface area contributed by atoms with Crippen LogP contribution in [0.4, 0.5) is 4.39 Å². The Balaban J connectivity index is 1.86. The monoisotopic (exact) mass is 182 g/mol. The summed E-state index contributed by atoms with van der Waals surface area (Å²) < 4.78 is 17.9. The molecule has 0 saturated carbocycles. The van der Waals surface area contributed by atoms with Crippen LogP contribution >= 0.6 is 0 Å². The Morgan fingerprint density at radius 2 is 2.31 bits per heavy atom. The summed E-state index contributed by atoms with van der Waals surface area (Å²) in [6.45, 7) is 2.68. The molecule has 0 radical (unpaired) electrons. The Morgan fingerprint density at radius 3 is 2.92 bits per heavy atom. The molecule has 2 rings (SSSR count). The van der Waals surface area contributed by atoms with Gasteiger partial charge in [0.2, 0.25) is 0 Å². The Kier molecular flexibility index (Phi) is 2.40. The first-order chi connectivity index (χ1) is 6.34. The maximum Gasteiger partial charge on any atom is 0.145 e. The van der Waals surface area contributed by atoms with Crippen molar-refractivity contribution in [3.05, 3.63) is 24.3 Å². The lowest BCUT2D eigenvalue weighted by Gasteiger charge is -2.29. The van der Waals surface area contributed by atoms with Crippen molar-refractivity contribution >= 4 is 0 Å². The molecule has 1 saturated heterocycles. The van der Waals surface area contributed by atoms with E-state index in [0.29, 0.717) is 12.5 Å². The molecule has 1 aromatic heterocycles. The number of aromatic nitrogens is 1. The van der Waals surface area contributed by atoms with E-state index in [4.69, 9.17) is 4.74 Å². The fraction of sp³-hybridized carbons (Fsp3) is 0.444. The summed E-state index contributed by atoms with van der Waals surface area (Å²) in [7, 11) is 0. The van der Waals surface area contributed by atoms with Crippen LogP contribution in [-0.4, -0.2) is 29.7 Å². The summed E-state index contributed by atoms with van der Waals surface area (Å²) in [5, 5.41) is 0. The highest BCUT2D eigenvalue weighted by molar-refractivity contribution is 5.16. The van der Waals surface area contributed by atoms with Gasteiger partial charge in [-0.05, 0) is 6.42 Å². The van der Waals surface area contributed by atoms with Gasteiger partial charge in [0.15, 0.2) is 0 Å². The summed E-state index contributed by atoms with van der Waals surface area (Å²) in [6, 6.07) is 1.34. The van der Waals surface area contributed by atoms with Crippen LogP contribution in [0.25, 0.3) is 0 Å². The molecule has 0 unspecified atom stereocenters. The van der Waals surface area contributed by atoms with Gasteiger partial charge in [0.05, 0.1) is 12.4 Å². The van der Waals surface area contributed by atoms with Crippen LogP contribution in [0.15, 0.2) is 18.5 Å². The molecule has 1 aliphatic rings. The van der Waals surface area contributed by atoms with E-state index in [-0.39, 0.29) is 5.82 Å². The van der Waals surface area contributed by atoms with Crippen LogP contribution in [0.5, 0.6) is 5.75 Å². The minimum Gasteiger partial charge on any atom is -0.476 e. The van der Waals surface area contributed by atoms with E-state index < -0.39 is 0 Å². The largest absolute Gasteiger partial charge is 0.476 e. The topological polar surface area (TPSA) is 25.4 Å². The lowest BCUT2D eigenvalue weighted by Crippen LogP contribution is -2.39. The smallest absolute Gasteiger partial charge is 0.145 e. The number of nitrogens with zero attached hydrogens (tertiary/aromatic N) is 2. The quantitative estimate of drug-likeness (QED) is 0.703. The minimum absolute atomic E-state index is 0.360. The van der Waals surface area contributed by atoms with Gasteiger partial charge in [0, 0.05) is 19.2 Å². The predicted molar refractivity (Wildman–Crippen MR) is 45.9 cm³/mol. The standard InChI is InChI=1S/C9H11FN2O/c10-8-4-9(6-11-5-8)13-7-12-2-1-3-12/h4-6H,1-3,7H2. The molecule has 2 heterocycles. The van der Waals surface area contributed by atoms with Crippen LogP contribution in [-0.2, 0) is 0 Å². The lowest BCUT2D eigenvalue weighted by molar-refractivity contribution is 0.0726. The number of halogens is 1. The Labute approximate surface area is 76.1 Å². The van der Waals surface area contributed by atoms with Crippen molar-refractivity contribution < 1.29 is 9.13 Å². The second-order valence-corrected chi connectivity index (χ2v) is 3.08. The number of ether oxygens (including phenoxy) is 1. The fourth-order valence-electron chi connectivity index (χ4n) is 1.15. The van der Waals surface area contributed by atoms with E-state index in [1.165, 1.54) is 18.7 Å².